The van der Waals surface area contributed by atoms with Crippen LogP contribution in [0.2, 0.25) is 0 Å². The zero-order valence-corrected chi connectivity index (χ0v) is 9.18. The molecular formula is C11H21NO2. The highest BCUT2D eigenvalue weighted by atomic mass is 16.3. The van der Waals surface area contributed by atoms with Gasteiger partial charge in [-0.2, -0.15) is 0 Å². The number of aliphatic hydroxyl groups is 1. The normalized spacial score (nSPS) is 11.4. The molecule has 3 nitrogen and oxygen atoms in total. The van der Waals surface area contributed by atoms with Crippen LogP contribution >= 0.6 is 0 Å². The van der Waals surface area contributed by atoms with Crippen LogP contribution in [0, 0.1) is 0 Å². The Bertz CT molecular complexity index is 188. The Kier molecular flexibility index (Phi) is 7.99. The lowest BCUT2D eigenvalue weighted by molar-refractivity contribution is -0.116. The number of unbranched alkanes of at least 4 members (excludes halogenated alkanes) is 2. The number of amides is 1. The Balaban J connectivity index is 3.66. The van der Waals surface area contributed by atoms with E-state index in [0.717, 1.165) is 25.7 Å². The third-order valence-corrected chi connectivity index (χ3v) is 1.91. The second-order valence-corrected chi connectivity index (χ2v) is 3.38. The highest BCUT2D eigenvalue weighted by molar-refractivity contribution is 5.87. The van der Waals surface area contributed by atoms with Gasteiger partial charge in [0.2, 0.25) is 5.91 Å². The molecule has 0 radical (unpaired) electrons. The number of nitrogens with one attached hydrogen (secondary N) is 1. The summed E-state index contributed by atoms with van der Waals surface area (Å²) in [6, 6.07) is 0. The zero-order valence-electron chi connectivity index (χ0n) is 9.18. The van der Waals surface area contributed by atoms with Crippen molar-refractivity contribution < 1.29 is 9.90 Å². The molecule has 0 atom stereocenters. The minimum Gasteiger partial charge on any atom is -0.512 e. The van der Waals surface area contributed by atoms with E-state index in [4.69, 9.17) is 0 Å². The van der Waals surface area contributed by atoms with Crippen molar-refractivity contribution in [2.24, 2.45) is 0 Å². The van der Waals surface area contributed by atoms with Crippen molar-refractivity contribution in [3.63, 3.8) is 0 Å². The first-order valence-corrected chi connectivity index (χ1v) is 5.38. The van der Waals surface area contributed by atoms with Gasteiger partial charge in [-0.25, -0.2) is 0 Å². The first-order valence-electron chi connectivity index (χ1n) is 5.38. The second kappa shape index (κ2) is 8.60. The van der Waals surface area contributed by atoms with Crippen LogP contribution in [-0.4, -0.2) is 17.6 Å². The van der Waals surface area contributed by atoms with Gasteiger partial charge in [-0.3, -0.25) is 4.79 Å². The van der Waals surface area contributed by atoms with Crippen LogP contribution in [0.25, 0.3) is 0 Å². The van der Waals surface area contributed by atoms with Crippen molar-refractivity contribution in [1.82, 2.24) is 5.32 Å². The van der Waals surface area contributed by atoms with E-state index >= 15 is 0 Å². The van der Waals surface area contributed by atoms with Gasteiger partial charge in [0.25, 0.3) is 0 Å². The quantitative estimate of drug-likeness (QED) is 0.376. The molecule has 2 N–H and O–H groups in total. The summed E-state index contributed by atoms with van der Waals surface area (Å²) in [5.41, 5.74) is 0. The van der Waals surface area contributed by atoms with E-state index in [1.54, 1.807) is 0 Å². The van der Waals surface area contributed by atoms with Crippen molar-refractivity contribution >= 4 is 5.91 Å². The maximum Gasteiger partial charge on any atom is 0.247 e. The highest BCUT2D eigenvalue weighted by Crippen LogP contribution is 2.02. The van der Waals surface area contributed by atoms with Crippen molar-refractivity contribution in [1.29, 1.82) is 0 Å². The van der Waals surface area contributed by atoms with Gasteiger partial charge in [-0.1, -0.05) is 26.7 Å². The molecule has 0 saturated carbocycles. The topological polar surface area (TPSA) is 49.3 Å². The van der Waals surface area contributed by atoms with Crippen molar-refractivity contribution in [2.45, 2.75) is 46.0 Å². The number of aliphatic hydroxyl groups excluding tert-OH is 1. The Labute approximate surface area is 86.2 Å². The van der Waals surface area contributed by atoms with Gasteiger partial charge in [0.15, 0.2) is 0 Å². The lowest BCUT2D eigenvalue weighted by Crippen LogP contribution is -2.22. The van der Waals surface area contributed by atoms with E-state index in [-0.39, 0.29) is 11.7 Å². The van der Waals surface area contributed by atoms with E-state index in [0.29, 0.717) is 13.0 Å². The first kappa shape index (κ1) is 13.0. The molecule has 0 heterocycles. The van der Waals surface area contributed by atoms with Crippen molar-refractivity contribution in [2.75, 3.05) is 6.54 Å². The summed E-state index contributed by atoms with van der Waals surface area (Å²) in [5.74, 6) is -0.00657. The first-order chi connectivity index (χ1) is 6.70. The predicted octanol–water partition coefficient (Wildman–Crippen LogP) is 2.53. The lowest BCUT2D eigenvalue weighted by Gasteiger charge is -2.01. The molecule has 0 bridgehead atoms. The SMILES string of the molecule is CCCCNC(=O)/C=C(\O)CCCC. The largest absolute Gasteiger partial charge is 0.512 e. The fourth-order valence-corrected chi connectivity index (χ4v) is 1.02. The number of carbonyl (C=O) groups is 1. The molecule has 14 heavy (non-hydrogen) atoms. The molecule has 0 aliphatic rings. The average molecular weight is 199 g/mol. The van der Waals surface area contributed by atoms with Crippen LogP contribution in [0.3, 0.4) is 0 Å². The summed E-state index contributed by atoms with van der Waals surface area (Å²) in [7, 11) is 0. The van der Waals surface area contributed by atoms with Crippen LogP contribution < -0.4 is 5.32 Å². The zero-order chi connectivity index (χ0) is 10.8. The fourth-order valence-electron chi connectivity index (χ4n) is 1.02. The maximum absolute atomic E-state index is 11.1. The minimum atomic E-state index is -0.188. The van der Waals surface area contributed by atoms with Crippen LogP contribution in [0.4, 0.5) is 0 Å². The molecule has 1 amide bonds. The predicted molar refractivity (Wildman–Crippen MR) is 58.2 cm³/mol. The molecular weight excluding hydrogens is 178 g/mol. The van der Waals surface area contributed by atoms with Crippen LogP contribution in [0.1, 0.15) is 46.0 Å². The third kappa shape index (κ3) is 7.65. The lowest BCUT2D eigenvalue weighted by atomic mass is 10.2. The van der Waals surface area contributed by atoms with Gasteiger partial charge in [0.1, 0.15) is 0 Å². The minimum absolute atomic E-state index is 0.181. The number of allylic oxidation sites excluding steroid dienone is 1. The molecule has 0 aromatic heterocycles. The molecule has 3 heteroatoms. The van der Waals surface area contributed by atoms with Gasteiger partial charge in [0.05, 0.1) is 5.76 Å². The van der Waals surface area contributed by atoms with Gasteiger partial charge in [-0.05, 0) is 12.8 Å². The van der Waals surface area contributed by atoms with Gasteiger partial charge in [0, 0.05) is 19.0 Å². The van der Waals surface area contributed by atoms with Crippen LogP contribution in [-0.2, 0) is 4.79 Å². The summed E-state index contributed by atoms with van der Waals surface area (Å²) in [6.45, 7) is 4.81. The molecule has 82 valence electrons. The Morgan fingerprint density at radius 3 is 2.50 bits per heavy atom. The molecule has 0 aromatic carbocycles. The van der Waals surface area contributed by atoms with Gasteiger partial charge in [-0.15, -0.1) is 0 Å². The molecule has 0 saturated heterocycles. The van der Waals surface area contributed by atoms with E-state index < -0.39 is 0 Å². The van der Waals surface area contributed by atoms with Crippen molar-refractivity contribution in [3.05, 3.63) is 11.8 Å². The second-order valence-electron chi connectivity index (χ2n) is 3.38. The molecule has 0 aliphatic carbocycles. The van der Waals surface area contributed by atoms with Crippen LogP contribution in [0.15, 0.2) is 11.8 Å². The Morgan fingerprint density at radius 2 is 1.93 bits per heavy atom. The fraction of sp³-hybridized carbons (Fsp3) is 0.727. The summed E-state index contributed by atoms with van der Waals surface area (Å²) in [5, 5.41) is 12.0. The standard InChI is InChI=1S/C11H21NO2/c1-3-5-7-10(13)9-11(14)12-8-6-4-2/h9,13H,3-8H2,1-2H3,(H,12,14)/b10-9-. The highest BCUT2D eigenvalue weighted by Gasteiger charge is 1.98. The number of hydrogen-bond acceptors (Lipinski definition) is 2. The van der Waals surface area contributed by atoms with Gasteiger partial charge < -0.3 is 10.4 Å². The summed E-state index contributed by atoms with van der Waals surface area (Å²) in [6.07, 6.45) is 5.87. The monoisotopic (exact) mass is 199 g/mol. The molecule has 0 fully saturated rings. The number of hydrogen-bond donors (Lipinski definition) is 2. The molecule has 0 aliphatic heterocycles. The van der Waals surface area contributed by atoms with Crippen molar-refractivity contribution in [3.8, 4) is 0 Å². The summed E-state index contributed by atoms with van der Waals surface area (Å²) >= 11 is 0. The maximum atomic E-state index is 11.1. The van der Waals surface area contributed by atoms with E-state index in [1.165, 1.54) is 6.08 Å². The van der Waals surface area contributed by atoms with Crippen LogP contribution in [0.5, 0.6) is 0 Å². The smallest absolute Gasteiger partial charge is 0.247 e. The Morgan fingerprint density at radius 1 is 1.29 bits per heavy atom. The summed E-state index contributed by atoms with van der Waals surface area (Å²) in [4.78, 5) is 11.1. The number of carbonyl (C=O) groups excluding carboxylic acids is 1. The molecule has 0 unspecified atom stereocenters. The third-order valence-electron chi connectivity index (χ3n) is 1.91. The Hall–Kier alpha value is -0.990. The van der Waals surface area contributed by atoms with E-state index in [2.05, 4.69) is 19.2 Å². The summed E-state index contributed by atoms with van der Waals surface area (Å²) < 4.78 is 0. The van der Waals surface area contributed by atoms with E-state index in [9.17, 15) is 9.90 Å². The molecule has 0 rings (SSSR count). The number of rotatable bonds is 7. The van der Waals surface area contributed by atoms with Gasteiger partial charge >= 0.3 is 0 Å². The van der Waals surface area contributed by atoms with E-state index in [1.807, 2.05) is 0 Å². The molecule has 0 aromatic rings. The average Bonchev–Trinajstić information content (AvgIpc) is 2.15. The molecule has 0 spiro atoms.